The van der Waals surface area contributed by atoms with E-state index in [2.05, 4.69) is 20.9 Å². The second kappa shape index (κ2) is 4.94. The van der Waals surface area contributed by atoms with Gasteiger partial charge in [0.15, 0.2) is 0 Å². The average Bonchev–Trinajstić information content (AvgIpc) is 2.30. The summed E-state index contributed by atoms with van der Waals surface area (Å²) in [5.74, 6) is 1.35. The predicted molar refractivity (Wildman–Crippen MR) is 61.3 cm³/mol. The van der Waals surface area contributed by atoms with Gasteiger partial charge in [0.25, 0.3) is 0 Å². The van der Waals surface area contributed by atoms with Gasteiger partial charge >= 0.3 is 0 Å². The molecule has 0 spiro atoms. The molecule has 2 heterocycles. The summed E-state index contributed by atoms with van der Waals surface area (Å²) < 4.78 is 11.6. The number of hydrogen-bond donors (Lipinski definition) is 0. The fraction of sp³-hybridized carbons (Fsp3) is 0.545. The monoisotopic (exact) mass is 271 g/mol. The third-order valence-electron chi connectivity index (χ3n) is 2.68. The van der Waals surface area contributed by atoms with Crippen molar-refractivity contribution in [1.29, 1.82) is 0 Å². The standard InChI is InChI=1S/C11H14BrNO2/c1-14-10-6-9(12)7-13-11(10)8-2-4-15-5-3-8/h6-8H,2-5H2,1H3. The third-order valence-corrected chi connectivity index (χ3v) is 3.11. The zero-order valence-electron chi connectivity index (χ0n) is 8.70. The summed E-state index contributed by atoms with van der Waals surface area (Å²) in [6, 6.07) is 1.97. The van der Waals surface area contributed by atoms with Gasteiger partial charge in [-0.2, -0.15) is 0 Å². The van der Waals surface area contributed by atoms with Crippen LogP contribution in [0.15, 0.2) is 16.7 Å². The lowest BCUT2D eigenvalue weighted by atomic mass is 9.95. The van der Waals surface area contributed by atoms with Crippen LogP contribution in [-0.2, 0) is 4.74 Å². The predicted octanol–water partition coefficient (Wildman–Crippen LogP) is 2.75. The van der Waals surface area contributed by atoms with Gasteiger partial charge in [-0.15, -0.1) is 0 Å². The van der Waals surface area contributed by atoms with E-state index >= 15 is 0 Å². The summed E-state index contributed by atoms with van der Waals surface area (Å²) >= 11 is 3.39. The van der Waals surface area contributed by atoms with Gasteiger partial charge in [-0.25, -0.2) is 0 Å². The largest absolute Gasteiger partial charge is 0.495 e. The molecule has 0 saturated carbocycles. The molecule has 0 bridgehead atoms. The molecule has 0 radical (unpaired) electrons. The van der Waals surface area contributed by atoms with Crippen LogP contribution in [0.2, 0.25) is 0 Å². The molecule has 2 rings (SSSR count). The summed E-state index contributed by atoms with van der Waals surface area (Å²) in [5.41, 5.74) is 1.06. The molecule has 1 aliphatic rings. The third kappa shape index (κ3) is 2.49. The van der Waals surface area contributed by atoms with Crippen molar-refractivity contribution in [3.63, 3.8) is 0 Å². The second-order valence-electron chi connectivity index (χ2n) is 3.63. The maximum Gasteiger partial charge on any atom is 0.141 e. The van der Waals surface area contributed by atoms with E-state index < -0.39 is 0 Å². The number of rotatable bonds is 2. The molecule has 0 atom stereocenters. The normalized spacial score (nSPS) is 17.7. The van der Waals surface area contributed by atoms with Crippen LogP contribution in [0.3, 0.4) is 0 Å². The Bertz CT molecular complexity index is 337. The lowest BCUT2D eigenvalue weighted by Gasteiger charge is -2.22. The van der Waals surface area contributed by atoms with Crippen molar-refractivity contribution in [2.24, 2.45) is 0 Å². The Morgan fingerprint density at radius 3 is 2.87 bits per heavy atom. The van der Waals surface area contributed by atoms with Crippen LogP contribution >= 0.6 is 15.9 Å². The average molecular weight is 272 g/mol. The van der Waals surface area contributed by atoms with E-state index in [1.54, 1.807) is 7.11 Å². The Morgan fingerprint density at radius 2 is 2.20 bits per heavy atom. The molecule has 1 fully saturated rings. The van der Waals surface area contributed by atoms with Crippen LogP contribution in [0.25, 0.3) is 0 Å². The van der Waals surface area contributed by atoms with Crippen LogP contribution in [0.1, 0.15) is 24.5 Å². The molecule has 1 aliphatic heterocycles. The fourth-order valence-corrected chi connectivity index (χ4v) is 2.18. The molecular weight excluding hydrogens is 258 g/mol. The van der Waals surface area contributed by atoms with Gasteiger partial charge in [-0.3, -0.25) is 4.98 Å². The Hall–Kier alpha value is -0.610. The first kappa shape index (κ1) is 10.9. The zero-order chi connectivity index (χ0) is 10.7. The van der Waals surface area contributed by atoms with Crippen molar-refractivity contribution >= 4 is 15.9 Å². The lowest BCUT2D eigenvalue weighted by molar-refractivity contribution is 0.0839. The van der Waals surface area contributed by atoms with E-state index in [4.69, 9.17) is 9.47 Å². The van der Waals surface area contributed by atoms with E-state index in [0.29, 0.717) is 5.92 Å². The highest BCUT2D eigenvalue weighted by atomic mass is 79.9. The van der Waals surface area contributed by atoms with Crippen molar-refractivity contribution in [2.75, 3.05) is 20.3 Å². The smallest absolute Gasteiger partial charge is 0.141 e. The molecule has 0 N–H and O–H groups in total. The number of hydrogen-bond acceptors (Lipinski definition) is 3. The Balaban J connectivity index is 2.25. The number of aromatic nitrogens is 1. The molecule has 0 unspecified atom stereocenters. The molecule has 82 valence electrons. The molecule has 4 heteroatoms. The summed E-state index contributed by atoms with van der Waals surface area (Å²) in [6.45, 7) is 1.65. The van der Waals surface area contributed by atoms with E-state index in [0.717, 1.165) is 42.0 Å². The molecule has 1 aromatic rings. The minimum Gasteiger partial charge on any atom is -0.495 e. The first-order valence-electron chi connectivity index (χ1n) is 5.08. The van der Waals surface area contributed by atoms with Crippen LogP contribution in [0, 0.1) is 0 Å². The van der Waals surface area contributed by atoms with Crippen LogP contribution in [-0.4, -0.2) is 25.3 Å². The van der Waals surface area contributed by atoms with Gasteiger partial charge in [-0.1, -0.05) is 0 Å². The van der Waals surface area contributed by atoms with E-state index in [9.17, 15) is 0 Å². The van der Waals surface area contributed by atoms with Crippen molar-refractivity contribution in [2.45, 2.75) is 18.8 Å². The Morgan fingerprint density at radius 1 is 1.47 bits per heavy atom. The minimum absolute atomic E-state index is 0.474. The highest BCUT2D eigenvalue weighted by Crippen LogP contribution is 2.33. The number of ether oxygens (including phenoxy) is 2. The van der Waals surface area contributed by atoms with Crippen molar-refractivity contribution in [3.8, 4) is 5.75 Å². The SMILES string of the molecule is COc1cc(Br)cnc1C1CCOCC1. The summed E-state index contributed by atoms with van der Waals surface area (Å²) in [5, 5.41) is 0. The van der Waals surface area contributed by atoms with Crippen LogP contribution < -0.4 is 4.74 Å². The molecule has 0 amide bonds. The molecule has 15 heavy (non-hydrogen) atoms. The molecule has 0 aromatic carbocycles. The minimum atomic E-state index is 0.474. The maximum absolute atomic E-state index is 5.35. The Kier molecular flexibility index (Phi) is 3.59. The Labute approximate surface area is 97.9 Å². The molecule has 3 nitrogen and oxygen atoms in total. The quantitative estimate of drug-likeness (QED) is 0.829. The molecule has 0 aliphatic carbocycles. The number of pyridine rings is 1. The highest BCUT2D eigenvalue weighted by Gasteiger charge is 2.20. The second-order valence-corrected chi connectivity index (χ2v) is 4.54. The van der Waals surface area contributed by atoms with E-state index in [-0.39, 0.29) is 0 Å². The molecule has 1 aromatic heterocycles. The number of methoxy groups -OCH3 is 1. The molecule has 1 saturated heterocycles. The van der Waals surface area contributed by atoms with Crippen LogP contribution in [0.4, 0.5) is 0 Å². The van der Waals surface area contributed by atoms with Crippen molar-refractivity contribution in [1.82, 2.24) is 4.98 Å². The van der Waals surface area contributed by atoms with Gasteiger partial charge in [0.1, 0.15) is 5.75 Å². The summed E-state index contributed by atoms with van der Waals surface area (Å²) in [6.07, 6.45) is 3.89. The lowest BCUT2D eigenvalue weighted by Crippen LogP contribution is -2.15. The van der Waals surface area contributed by atoms with Crippen molar-refractivity contribution < 1.29 is 9.47 Å². The van der Waals surface area contributed by atoms with Crippen LogP contribution in [0.5, 0.6) is 5.75 Å². The molecular formula is C11H14BrNO2. The van der Waals surface area contributed by atoms with Gasteiger partial charge in [0.05, 0.1) is 12.8 Å². The topological polar surface area (TPSA) is 31.4 Å². The number of nitrogens with zero attached hydrogens (tertiary/aromatic N) is 1. The first-order chi connectivity index (χ1) is 7.31. The summed E-state index contributed by atoms with van der Waals surface area (Å²) in [4.78, 5) is 4.45. The van der Waals surface area contributed by atoms with Gasteiger partial charge in [0.2, 0.25) is 0 Å². The maximum atomic E-state index is 5.35. The summed E-state index contributed by atoms with van der Waals surface area (Å²) in [7, 11) is 1.69. The van der Waals surface area contributed by atoms with Gasteiger partial charge < -0.3 is 9.47 Å². The van der Waals surface area contributed by atoms with Crippen molar-refractivity contribution in [3.05, 3.63) is 22.4 Å². The van der Waals surface area contributed by atoms with E-state index in [1.165, 1.54) is 0 Å². The van der Waals surface area contributed by atoms with Gasteiger partial charge in [0, 0.05) is 29.8 Å². The highest BCUT2D eigenvalue weighted by molar-refractivity contribution is 9.10. The number of halogens is 1. The van der Waals surface area contributed by atoms with Gasteiger partial charge in [-0.05, 0) is 34.8 Å². The first-order valence-corrected chi connectivity index (χ1v) is 5.87. The zero-order valence-corrected chi connectivity index (χ0v) is 10.3. The van der Waals surface area contributed by atoms with E-state index in [1.807, 2.05) is 12.3 Å². The fourth-order valence-electron chi connectivity index (χ4n) is 1.87.